The monoisotopic (exact) mass is 393 g/mol. The zero-order valence-electron chi connectivity index (χ0n) is 17.0. The van der Waals surface area contributed by atoms with Gasteiger partial charge in [-0.3, -0.25) is 4.79 Å². The Morgan fingerprint density at radius 1 is 1.17 bits per heavy atom. The van der Waals surface area contributed by atoms with Crippen molar-refractivity contribution in [2.75, 3.05) is 7.05 Å². The van der Waals surface area contributed by atoms with Crippen LogP contribution in [0.2, 0.25) is 0 Å². The van der Waals surface area contributed by atoms with Crippen LogP contribution in [0.4, 0.5) is 4.39 Å². The first kappa shape index (κ1) is 19.2. The summed E-state index contributed by atoms with van der Waals surface area (Å²) >= 11 is 0. The Kier molecular flexibility index (Phi) is 4.48. The number of nitrogens with zero attached hydrogens (tertiary/aromatic N) is 4. The summed E-state index contributed by atoms with van der Waals surface area (Å²) in [5, 5.41) is 7.19. The van der Waals surface area contributed by atoms with Gasteiger partial charge in [0, 0.05) is 18.3 Å². The van der Waals surface area contributed by atoms with E-state index in [2.05, 4.69) is 29.2 Å². The Hall–Kier alpha value is -3.09. The third-order valence-electron chi connectivity index (χ3n) is 5.79. The minimum Gasteiger partial charge on any atom is -0.359 e. The van der Waals surface area contributed by atoms with Crippen LogP contribution in [0.1, 0.15) is 43.2 Å². The highest BCUT2D eigenvalue weighted by atomic mass is 19.1. The molecular weight excluding hydrogens is 369 g/mol. The van der Waals surface area contributed by atoms with Gasteiger partial charge >= 0.3 is 0 Å². The zero-order valence-corrected chi connectivity index (χ0v) is 17.0. The fourth-order valence-corrected chi connectivity index (χ4v) is 4.13. The van der Waals surface area contributed by atoms with E-state index in [-0.39, 0.29) is 23.6 Å². The second-order valence-corrected chi connectivity index (χ2v) is 8.20. The highest BCUT2D eigenvalue weighted by Gasteiger charge is 2.67. The predicted molar refractivity (Wildman–Crippen MR) is 107 cm³/mol. The van der Waals surface area contributed by atoms with Gasteiger partial charge in [-0.25, -0.2) is 14.4 Å². The molecule has 1 aliphatic rings. The third-order valence-corrected chi connectivity index (χ3v) is 5.79. The molecule has 1 atom stereocenters. The van der Waals surface area contributed by atoms with Crippen molar-refractivity contribution in [2.24, 2.45) is 5.41 Å². The Labute approximate surface area is 169 Å². The standard InChI is InChI=1S/C22H24FN5O/c1-14-8-7-11-18(25-14)28-20(26-17(27-28)12-19(29)24-4)22(13-21(22,2)3)15-9-5-6-10-16(15)23/h5-11H,12-13H2,1-4H3,(H,24,29). The van der Waals surface area contributed by atoms with Crippen LogP contribution < -0.4 is 5.32 Å². The van der Waals surface area contributed by atoms with Crippen molar-refractivity contribution in [3.05, 3.63) is 71.2 Å². The van der Waals surface area contributed by atoms with Gasteiger partial charge in [0.15, 0.2) is 11.6 Å². The molecule has 0 spiro atoms. The van der Waals surface area contributed by atoms with Crippen LogP contribution in [0.3, 0.4) is 0 Å². The maximum atomic E-state index is 14.9. The van der Waals surface area contributed by atoms with Crippen molar-refractivity contribution in [1.82, 2.24) is 25.1 Å². The smallest absolute Gasteiger partial charge is 0.227 e. The minimum atomic E-state index is -0.641. The number of amides is 1. The average Bonchev–Trinajstić information content (AvgIpc) is 3.05. The Bertz CT molecular complexity index is 1090. The van der Waals surface area contributed by atoms with Crippen molar-refractivity contribution in [2.45, 2.75) is 39.0 Å². The number of aryl methyl sites for hydroxylation is 1. The van der Waals surface area contributed by atoms with E-state index in [1.54, 1.807) is 17.8 Å². The second-order valence-electron chi connectivity index (χ2n) is 8.20. The van der Waals surface area contributed by atoms with Crippen LogP contribution in [0.5, 0.6) is 0 Å². The first-order valence-electron chi connectivity index (χ1n) is 9.64. The highest BCUT2D eigenvalue weighted by molar-refractivity contribution is 5.77. The number of hydrogen-bond donors (Lipinski definition) is 1. The minimum absolute atomic E-state index is 0.0517. The van der Waals surface area contributed by atoms with Crippen LogP contribution in [-0.4, -0.2) is 32.7 Å². The predicted octanol–water partition coefficient (Wildman–Crippen LogP) is 3.11. The number of nitrogens with one attached hydrogen (secondary N) is 1. The van der Waals surface area contributed by atoms with Gasteiger partial charge in [-0.1, -0.05) is 38.1 Å². The van der Waals surface area contributed by atoms with E-state index in [9.17, 15) is 9.18 Å². The second kappa shape index (κ2) is 6.76. The molecule has 1 amide bonds. The molecule has 7 heteroatoms. The summed E-state index contributed by atoms with van der Waals surface area (Å²) in [5.41, 5.74) is 0.579. The molecule has 1 fully saturated rings. The molecule has 1 N–H and O–H groups in total. The van der Waals surface area contributed by atoms with Gasteiger partial charge in [-0.15, -0.1) is 5.10 Å². The fraction of sp³-hybridized carbons (Fsp3) is 0.364. The first-order chi connectivity index (χ1) is 13.8. The lowest BCUT2D eigenvalue weighted by molar-refractivity contribution is -0.120. The van der Waals surface area contributed by atoms with E-state index in [0.717, 1.165) is 12.1 Å². The molecule has 4 rings (SSSR count). The van der Waals surface area contributed by atoms with E-state index in [1.807, 2.05) is 37.3 Å². The van der Waals surface area contributed by atoms with Crippen LogP contribution in [0.25, 0.3) is 5.82 Å². The Morgan fingerprint density at radius 2 is 1.90 bits per heavy atom. The van der Waals surface area contributed by atoms with Gasteiger partial charge < -0.3 is 5.32 Å². The fourth-order valence-electron chi connectivity index (χ4n) is 4.13. The van der Waals surface area contributed by atoms with E-state index in [4.69, 9.17) is 4.98 Å². The lowest BCUT2D eigenvalue weighted by Crippen LogP contribution is -2.23. The lowest BCUT2D eigenvalue weighted by Gasteiger charge is -2.21. The number of pyridine rings is 1. The van der Waals surface area contributed by atoms with Crippen molar-refractivity contribution < 1.29 is 9.18 Å². The number of aromatic nitrogens is 4. The number of carbonyl (C=O) groups is 1. The SMILES string of the molecule is CNC(=O)Cc1nc(C2(c3ccccc3F)CC2(C)C)n(-c2cccc(C)n2)n1. The summed E-state index contributed by atoms with van der Waals surface area (Å²) in [6, 6.07) is 12.5. The van der Waals surface area contributed by atoms with Crippen LogP contribution in [-0.2, 0) is 16.6 Å². The quantitative estimate of drug-likeness (QED) is 0.723. The molecule has 29 heavy (non-hydrogen) atoms. The van der Waals surface area contributed by atoms with Crippen molar-refractivity contribution >= 4 is 5.91 Å². The van der Waals surface area contributed by atoms with Gasteiger partial charge in [0.05, 0.1) is 11.8 Å². The maximum Gasteiger partial charge on any atom is 0.227 e. The maximum absolute atomic E-state index is 14.9. The van der Waals surface area contributed by atoms with E-state index in [1.165, 1.54) is 6.07 Å². The number of halogens is 1. The van der Waals surface area contributed by atoms with Gasteiger partial charge in [0.25, 0.3) is 0 Å². The molecule has 0 aliphatic heterocycles. The number of rotatable bonds is 5. The van der Waals surface area contributed by atoms with Crippen molar-refractivity contribution in [1.29, 1.82) is 0 Å². The summed E-state index contributed by atoms with van der Waals surface area (Å²) in [7, 11) is 1.58. The van der Waals surface area contributed by atoms with E-state index in [0.29, 0.717) is 23.0 Å². The molecule has 6 nitrogen and oxygen atoms in total. The summed E-state index contributed by atoms with van der Waals surface area (Å²) < 4.78 is 16.6. The number of hydrogen-bond acceptors (Lipinski definition) is 4. The number of carbonyl (C=O) groups excluding carboxylic acids is 1. The highest BCUT2D eigenvalue weighted by Crippen LogP contribution is 2.67. The van der Waals surface area contributed by atoms with Gasteiger partial charge in [0.2, 0.25) is 5.91 Å². The normalized spacial score (nSPS) is 19.8. The number of likely N-dealkylation sites (N-methyl/N-ethyl adjacent to an activating group) is 1. The summed E-state index contributed by atoms with van der Waals surface area (Å²) in [6.07, 6.45) is 0.779. The molecule has 150 valence electrons. The Balaban J connectivity index is 1.94. The molecule has 3 aromatic rings. The summed E-state index contributed by atoms with van der Waals surface area (Å²) in [5.74, 6) is 1.17. The van der Waals surface area contributed by atoms with Crippen molar-refractivity contribution in [3.8, 4) is 5.82 Å². The van der Waals surface area contributed by atoms with E-state index < -0.39 is 5.41 Å². The van der Waals surface area contributed by atoms with Gasteiger partial charge in [-0.05, 0) is 37.0 Å². The molecule has 2 heterocycles. The summed E-state index contributed by atoms with van der Waals surface area (Å²) in [6.45, 7) is 6.10. The molecule has 1 saturated carbocycles. The molecule has 0 bridgehead atoms. The first-order valence-corrected chi connectivity index (χ1v) is 9.64. The molecule has 2 aromatic heterocycles. The molecule has 0 saturated heterocycles. The van der Waals surface area contributed by atoms with Crippen LogP contribution in [0, 0.1) is 18.2 Å². The van der Waals surface area contributed by atoms with Crippen molar-refractivity contribution in [3.63, 3.8) is 0 Å². The average molecular weight is 393 g/mol. The molecule has 1 aliphatic carbocycles. The van der Waals surface area contributed by atoms with E-state index >= 15 is 0 Å². The topological polar surface area (TPSA) is 72.7 Å². The zero-order chi connectivity index (χ0) is 20.8. The molecule has 1 unspecified atom stereocenters. The molecule has 0 radical (unpaired) electrons. The van der Waals surface area contributed by atoms with Crippen LogP contribution >= 0.6 is 0 Å². The molecular formula is C22H24FN5O. The van der Waals surface area contributed by atoms with Gasteiger partial charge in [-0.2, -0.15) is 4.68 Å². The Morgan fingerprint density at radius 3 is 2.52 bits per heavy atom. The lowest BCUT2D eigenvalue weighted by atomic mass is 9.86. The third kappa shape index (κ3) is 3.10. The largest absolute Gasteiger partial charge is 0.359 e. The molecule has 1 aromatic carbocycles. The van der Waals surface area contributed by atoms with Crippen LogP contribution in [0.15, 0.2) is 42.5 Å². The summed E-state index contributed by atoms with van der Waals surface area (Å²) in [4.78, 5) is 21.3. The number of benzene rings is 1. The van der Waals surface area contributed by atoms with Gasteiger partial charge in [0.1, 0.15) is 11.6 Å².